The van der Waals surface area contributed by atoms with Crippen molar-refractivity contribution in [3.05, 3.63) is 36.9 Å². The zero-order chi connectivity index (χ0) is 18.4. The Morgan fingerprint density at radius 3 is 2.58 bits per heavy atom. The monoisotopic (exact) mass is 397 g/mol. The van der Waals surface area contributed by atoms with Gasteiger partial charge in [0.05, 0.1) is 16.6 Å². The van der Waals surface area contributed by atoms with Crippen molar-refractivity contribution in [3.63, 3.8) is 0 Å². The molecule has 140 valence electrons. The maximum absolute atomic E-state index is 12.4. The normalized spacial score (nSPS) is 12.6. The highest BCUT2D eigenvalue weighted by atomic mass is 32.2. The lowest BCUT2D eigenvalue weighted by Crippen LogP contribution is -2.49. The van der Waals surface area contributed by atoms with E-state index in [9.17, 15) is 19.5 Å². The molecule has 1 heterocycles. The van der Waals surface area contributed by atoms with Crippen LogP contribution in [0.5, 0.6) is 0 Å². The minimum absolute atomic E-state index is 0. The van der Waals surface area contributed by atoms with Gasteiger partial charge < -0.3 is 21.7 Å². The van der Waals surface area contributed by atoms with Crippen LogP contribution in [0.2, 0.25) is 0 Å². The number of benzene rings is 1. The molecule has 0 aliphatic heterocycles. The number of rotatable bonds is 9. The number of hydrogen-bond acceptors (Lipinski definition) is 7. The van der Waals surface area contributed by atoms with E-state index in [0.29, 0.717) is 4.34 Å². The van der Waals surface area contributed by atoms with Crippen LogP contribution in [0.1, 0.15) is 6.42 Å². The lowest BCUT2D eigenvalue weighted by Gasteiger charge is -2.25. The average molecular weight is 397 g/mol. The van der Waals surface area contributed by atoms with Crippen LogP contribution in [-0.2, 0) is 14.4 Å². The fourth-order valence-electron chi connectivity index (χ4n) is 2.12. The Kier molecular flexibility index (Phi) is 7.75. The molecule has 0 fully saturated rings. The number of aliphatic carboxylic acids is 2. The van der Waals surface area contributed by atoms with Crippen molar-refractivity contribution < 1.29 is 24.6 Å². The number of carbonyl (C=O) groups is 3. The lowest BCUT2D eigenvalue weighted by atomic mass is 9.85. The Morgan fingerprint density at radius 1 is 1.31 bits per heavy atom. The summed E-state index contributed by atoms with van der Waals surface area (Å²) in [5.74, 6) is -3.93. The molecule has 0 saturated carbocycles. The number of para-hydroxylation sites is 1. The number of fused-ring (bicyclic) bond motifs is 1. The standard InChI is InChI=1S/C16H16N2O5S2.H3N/c1-2-7-17-13(21)16(14(22)23,8-12(19)20)9-24-15-18-10-5-3-4-6-11(10)25-15;/h2-6H,1,7-9H2,(H,17,21)(H,19,20)(H,22,23);1H3. The van der Waals surface area contributed by atoms with Crippen LogP contribution in [0.15, 0.2) is 41.3 Å². The lowest BCUT2D eigenvalue weighted by molar-refractivity contribution is -0.160. The second-order valence-corrected chi connectivity index (χ2v) is 7.45. The molecule has 0 bridgehead atoms. The summed E-state index contributed by atoms with van der Waals surface area (Å²) >= 11 is 2.42. The van der Waals surface area contributed by atoms with E-state index in [0.717, 1.165) is 22.0 Å². The van der Waals surface area contributed by atoms with Crippen molar-refractivity contribution in [2.75, 3.05) is 12.3 Å². The van der Waals surface area contributed by atoms with Gasteiger partial charge in [-0.05, 0) is 12.1 Å². The summed E-state index contributed by atoms with van der Waals surface area (Å²) in [7, 11) is 0. The molecule has 1 aromatic carbocycles. The number of thioether (sulfide) groups is 1. The van der Waals surface area contributed by atoms with Gasteiger partial charge in [-0.25, -0.2) is 4.98 Å². The van der Waals surface area contributed by atoms with Crippen molar-refractivity contribution in [1.29, 1.82) is 0 Å². The van der Waals surface area contributed by atoms with Crippen LogP contribution in [-0.4, -0.2) is 45.3 Å². The zero-order valence-electron chi connectivity index (χ0n) is 13.8. The summed E-state index contributed by atoms with van der Waals surface area (Å²) in [6.45, 7) is 3.50. The van der Waals surface area contributed by atoms with E-state index in [1.165, 1.54) is 17.4 Å². The van der Waals surface area contributed by atoms with Crippen molar-refractivity contribution in [1.82, 2.24) is 16.5 Å². The van der Waals surface area contributed by atoms with E-state index in [-0.39, 0.29) is 18.4 Å². The topological polar surface area (TPSA) is 152 Å². The highest BCUT2D eigenvalue weighted by Crippen LogP contribution is 2.36. The Morgan fingerprint density at radius 2 is 2.00 bits per heavy atom. The van der Waals surface area contributed by atoms with Crippen LogP contribution in [0.4, 0.5) is 0 Å². The number of carbonyl (C=O) groups excluding carboxylic acids is 1. The molecule has 8 nitrogen and oxygen atoms in total. The molecule has 1 aromatic heterocycles. The van der Waals surface area contributed by atoms with E-state index in [2.05, 4.69) is 16.9 Å². The van der Waals surface area contributed by atoms with Crippen molar-refractivity contribution in [3.8, 4) is 0 Å². The molecule has 0 aliphatic carbocycles. The number of nitrogens with one attached hydrogen (secondary N) is 1. The second kappa shape index (κ2) is 9.32. The molecular weight excluding hydrogens is 378 g/mol. The first-order valence-corrected chi connectivity index (χ1v) is 9.02. The summed E-state index contributed by atoms with van der Waals surface area (Å²) in [5, 5.41) is 21.1. The Hall–Kier alpha value is -2.43. The highest BCUT2D eigenvalue weighted by molar-refractivity contribution is 8.01. The largest absolute Gasteiger partial charge is 0.481 e. The average Bonchev–Trinajstić information content (AvgIpc) is 2.98. The SMILES string of the molecule is C=CCNC(=O)C(CSc1nc2ccccc2s1)(CC(=O)O)C(=O)O.N. The highest BCUT2D eigenvalue weighted by Gasteiger charge is 2.48. The summed E-state index contributed by atoms with van der Waals surface area (Å²) in [4.78, 5) is 39.7. The predicted molar refractivity (Wildman–Crippen MR) is 101 cm³/mol. The molecule has 1 amide bonds. The van der Waals surface area contributed by atoms with Gasteiger partial charge in [0.1, 0.15) is 0 Å². The van der Waals surface area contributed by atoms with Gasteiger partial charge in [0.25, 0.3) is 0 Å². The summed E-state index contributed by atoms with van der Waals surface area (Å²) in [6.07, 6.45) is 0.579. The van der Waals surface area contributed by atoms with Gasteiger partial charge in [-0.15, -0.1) is 17.9 Å². The maximum atomic E-state index is 12.4. The first-order valence-electron chi connectivity index (χ1n) is 7.22. The van der Waals surface area contributed by atoms with Gasteiger partial charge in [-0.3, -0.25) is 14.4 Å². The number of thiazole rings is 1. The fourth-order valence-corrected chi connectivity index (χ4v) is 4.39. The van der Waals surface area contributed by atoms with Gasteiger partial charge in [0.15, 0.2) is 9.75 Å². The van der Waals surface area contributed by atoms with Crippen molar-refractivity contribution >= 4 is 51.2 Å². The molecule has 26 heavy (non-hydrogen) atoms. The minimum atomic E-state index is -2.09. The van der Waals surface area contributed by atoms with Gasteiger partial charge in [0, 0.05) is 12.3 Å². The van der Waals surface area contributed by atoms with Gasteiger partial charge in [0.2, 0.25) is 5.91 Å². The number of carboxylic acid groups (broad SMARTS) is 2. The number of aromatic nitrogens is 1. The van der Waals surface area contributed by atoms with Crippen LogP contribution in [0, 0.1) is 5.41 Å². The number of hydrogen-bond donors (Lipinski definition) is 4. The van der Waals surface area contributed by atoms with Gasteiger partial charge in [-0.1, -0.05) is 30.0 Å². The van der Waals surface area contributed by atoms with E-state index < -0.39 is 29.7 Å². The Labute approximate surface area is 157 Å². The van der Waals surface area contributed by atoms with Crippen LogP contribution in [0.3, 0.4) is 0 Å². The predicted octanol–water partition coefficient (Wildman–Crippen LogP) is 2.40. The molecule has 0 radical (unpaired) electrons. The molecule has 6 N–H and O–H groups in total. The first kappa shape index (κ1) is 21.6. The number of nitrogens with zero attached hydrogens (tertiary/aromatic N) is 1. The molecule has 2 rings (SSSR count). The zero-order valence-corrected chi connectivity index (χ0v) is 15.4. The molecule has 0 saturated heterocycles. The molecule has 0 spiro atoms. The molecule has 1 atom stereocenters. The summed E-state index contributed by atoms with van der Waals surface area (Å²) in [6, 6.07) is 7.42. The number of carboxylic acids is 2. The van der Waals surface area contributed by atoms with E-state index in [4.69, 9.17) is 5.11 Å². The van der Waals surface area contributed by atoms with Gasteiger partial charge in [-0.2, -0.15) is 0 Å². The molecule has 1 unspecified atom stereocenters. The third kappa shape index (κ3) is 4.81. The molecule has 10 heteroatoms. The summed E-state index contributed by atoms with van der Waals surface area (Å²) < 4.78 is 1.51. The van der Waals surface area contributed by atoms with Crippen molar-refractivity contribution in [2.24, 2.45) is 5.41 Å². The second-order valence-electron chi connectivity index (χ2n) is 5.19. The third-order valence-electron chi connectivity index (χ3n) is 3.42. The number of amides is 1. The maximum Gasteiger partial charge on any atom is 0.320 e. The van der Waals surface area contributed by atoms with Crippen LogP contribution < -0.4 is 11.5 Å². The minimum Gasteiger partial charge on any atom is -0.481 e. The fraction of sp³-hybridized carbons (Fsp3) is 0.250. The molecule has 0 aliphatic rings. The van der Waals surface area contributed by atoms with Crippen molar-refractivity contribution in [2.45, 2.75) is 10.8 Å². The van der Waals surface area contributed by atoms with E-state index >= 15 is 0 Å². The first-order chi connectivity index (χ1) is 11.9. The smallest absolute Gasteiger partial charge is 0.320 e. The molecule has 2 aromatic rings. The van der Waals surface area contributed by atoms with Gasteiger partial charge >= 0.3 is 11.9 Å². The van der Waals surface area contributed by atoms with Crippen LogP contribution in [0.25, 0.3) is 10.2 Å². The Bertz CT molecular complexity index is 790. The third-order valence-corrected chi connectivity index (χ3v) is 5.83. The quantitative estimate of drug-likeness (QED) is 0.286. The molecular formula is C16H19N3O5S2. The van der Waals surface area contributed by atoms with E-state index in [1.807, 2.05) is 24.3 Å². The summed E-state index contributed by atoms with van der Waals surface area (Å²) in [5.41, 5.74) is -1.32. The van der Waals surface area contributed by atoms with E-state index in [1.54, 1.807) is 0 Å². The Balaban J connectivity index is 0.00000338. The van der Waals surface area contributed by atoms with Crippen LogP contribution >= 0.6 is 23.1 Å².